The molecule has 1 aliphatic heterocycles. The molecule has 7 heteroatoms. The highest BCUT2D eigenvalue weighted by molar-refractivity contribution is 8.26. The Morgan fingerprint density at radius 3 is 2.82 bits per heavy atom. The fourth-order valence-corrected chi connectivity index (χ4v) is 4.23. The van der Waals surface area contributed by atoms with Gasteiger partial charge in [-0.3, -0.25) is 4.79 Å². The molecule has 0 atom stereocenters. The van der Waals surface area contributed by atoms with Crippen LogP contribution in [0.1, 0.15) is 21.5 Å². The lowest BCUT2D eigenvalue weighted by Crippen LogP contribution is -2.17. The Kier molecular flexibility index (Phi) is 5.02. The second-order valence-electron chi connectivity index (χ2n) is 6.27. The van der Waals surface area contributed by atoms with Crippen LogP contribution in [-0.4, -0.2) is 27.9 Å². The molecule has 2 heterocycles. The van der Waals surface area contributed by atoms with E-state index in [2.05, 4.69) is 9.88 Å². The molecule has 3 aromatic rings. The monoisotopic (exact) mass is 408 g/mol. The molecule has 1 fully saturated rings. The number of thiocarbonyl (C=S) groups is 1. The highest BCUT2D eigenvalue weighted by atomic mass is 32.2. The van der Waals surface area contributed by atoms with Crippen molar-refractivity contribution in [1.29, 1.82) is 0 Å². The van der Waals surface area contributed by atoms with Crippen LogP contribution < -0.4 is 5.32 Å². The van der Waals surface area contributed by atoms with Crippen molar-refractivity contribution in [2.75, 3.05) is 7.11 Å². The third-order valence-corrected chi connectivity index (χ3v) is 5.61. The van der Waals surface area contributed by atoms with Gasteiger partial charge in [0.15, 0.2) is 0 Å². The Morgan fingerprint density at radius 1 is 1.25 bits per heavy atom. The number of carbonyl (C=O) groups is 2. The summed E-state index contributed by atoms with van der Waals surface area (Å²) >= 11 is 6.34. The summed E-state index contributed by atoms with van der Waals surface area (Å²) in [4.78, 5) is 24.4. The number of carbonyl (C=O) groups excluding carboxylic acids is 2. The van der Waals surface area contributed by atoms with Gasteiger partial charge >= 0.3 is 5.97 Å². The number of esters is 1. The standard InChI is InChI=1S/C21H16N2O3S2/c1-26-20(25)14-6-4-5-13(9-14)11-23-12-15(16-7-2-3-8-17(16)23)10-18-19(24)22-21(27)28-18/h2-10,12H,11H2,1H3,(H,22,24,27)/b18-10+. The molecule has 4 rings (SSSR count). The molecule has 5 nitrogen and oxygen atoms in total. The Labute approximate surface area is 171 Å². The molecule has 1 aromatic heterocycles. The number of hydrogen-bond donors (Lipinski definition) is 1. The minimum atomic E-state index is -0.357. The first kappa shape index (κ1) is 18.5. The zero-order valence-electron chi connectivity index (χ0n) is 15.0. The van der Waals surface area contributed by atoms with E-state index in [0.717, 1.165) is 22.0 Å². The Hall–Kier alpha value is -2.90. The van der Waals surface area contributed by atoms with Gasteiger partial charge in [-0.15, -0.1) is 0 Å². The number of methoxy groups -OCH3 is 1. The summed E-state index contributed by atoms with van der Waals surface area (Å²) < 4.78 is 7.38. The number of amides is 1. The first-order valence-corrected chi connectivity index (χ1v) is 9.77. The number of aromatic nitrogens is 1. The van der Waals surface area contributed by atoms with Gasteiger partial charge in [0.05, 0.1) is 17.6 Å². The quantitative estimate of drug-likeness (QED) is 0.402. The number of ether oxygens (including phenoxy) is 1. The van der Waals surface area contributed by atoms with Gasteiger partial charge in [0, 0.05) is 29.2 Å². The molecule has 140 valence electrons. The molecule has 2 aromatic carbocycles. The summed E-state index contributed by atoms with van der Waals surface area (Å²) in [7, 11) is 1.37. The van der Waals surface area contributed by atoms with Crippen LogP contribution in [0.15, 0.2) is 59.6 Å². The number of para-hydroxylation sites is 1. The second kappa shape index (κ2) is 7.61. The zero-order valence-corrected chi connectivity index (χ0v) is 16.6. The van der Waals surface area contributed by atoms with Gasteiger partial charge in [-0.25, -0.2) is 4.79 Å². The predicted octanol–water partition coefficient (Wildman–Crippen LogP) is 3.97. The van der Waals surface area contributed by atoms with Crippen molar-refractivity contribution >= 4 is 57.2 Å². The van der Waals surface area contributed by atoms with E-state index in [4.69, 9.17) is 17.0 Å². The van der Waals surface area contributed by atoms with Gasteiger partial charge in [0.1, 0.15) is 4.32 Å². The van der Waals surface area contributed by atoms with Gasteiger partial charge in [-0.2, -0.15) is 0 Å². The minimum absolute atomic E-state index is 0.169. The van der Waals surface area contributed by atoms with Gasteiger partial charge in [-0.1, -0.05) is 54.3 Å². The number of fused-ring (bicyclic) bond motifs is 1. The van der Waals surface area contributed by atoms with Crippen molar-refractivity contribution in [3.8, 4) is 0 Å². The Bertz CT molecular complexity index is 1150. The van der Waals surface area contributed by atoms with Crippen molar-refractivity contribution in [2.45, 2.75) is 6.54 Å². The maximum atomic E-state index is 12.0. The van der Waals surface area contributed by atoms with Crippen LogP contribution in [0.25, 0.3) is 17.0 Å². The highest BCUT2D eigenvalue weighted by Crippen LogP contribution is 2.30. The van der Waals surface area contributed by atoms with Gasteiger partial charge in [0.2, 0.25) is 0 Å². The maximum absolute atomic E-state index is 12.0. The normalized spacial score (nSPS) is 15.2. The number of rotatable bonds is 4. The molecule has 0 spiro atoms. The van der Waals surface area contributed by atoms with Gasteiger partial charge in [0.25, 0.3) is 5.91 Å². The van der Waals surface area contributed by atoms with Crippen molar-refractivity contribution in [1.82, 2.24) is 9.88 Å². The summed E-state index contributed by atoms with van der Waals surface area (Å²) in [6.45, 7) is 0.590. The van der Waals surface area contributed by atoms with Crippen LogP contribution in [0.5, 0.6) is 0 Å². The van der Waals surface area contributed by atoms with E-state index in [9.17, 15) is 9.59 Å². The topological polar surface area (TPSA) is 60.3 Å². The Morgan fingerprint density at radius 2 is 2.07 bits per heavy atom. The third kappa shape index (κ3) is 3.58. The van der Waals surface area contributed by atoms with E-state index in [1.807, 2.05) is 54.7 Å². The van der Waals surface area contributed by atoms with E-state index in [0.29, 0.717) is 21.3 Å². The number of benzene rings is 2. The van der Waals surface area contributed by atoms with Gasteiger partial charge < -0.3 is 14.6 Å². The van der Waals surface area contributed by atoms with E-state index in [1.54, 1.807) is 6.07 Å². The first-order valence-electron chi connectivity index (χ1n) is 8.55. The number of hydrogen-bond acceptors (Lipinski definition) is 5. The van der Waals surface area contributed by atoms with Gasteiger partial charge in [-0.05, 0) is 29.8 Å². The lowest BCUT2D eigenvalue weighted by atomic mass is 10.1. The molecule has 28 heavy (non-hydrogen) atoms. The molecule has 1 N–H and O–H groups in total. The molecular formula is C21H16N2O3S2. The average Bonchev–Trinajstić information content (AvgIpc) is 3.21. The third-order valence-electron chi connectivity index (χ3n) is 4.45. The van der Waals surface area contributed by atoms with Crippen molar-refractivity contribution in [3.05, 3.63) is 76.3 Å². The molecular weight excluding hydrogens is 392 g/mol. The van der Waals surface area contributed by atoms with E-state index < -0.39 is 0 Å². The van der Waals surface area contributed by atoms with Crippen molar-refractivity contribution in [2.24, 2.45) is 0 Å². The SMILES string of the molecule is COC(=O)c1cccc(Cn2cc(/C=C3/SC(=S)NC3=O)c3ccccc32)c1. The molecule has 0 saturated carbocycles. The molecule has 0 unspecified atom stereocenters. The summed E-state index contributed by atoms with van der Waals surface area (Å²) in [6.07, 6.45) is 3.88. The van der Waals surface area contributed by atoms with E-state index >= 15 is 0 Å². The van der Waals surface area contributed by atoms with Crippen LogP contribution in [-0.2, 0) is 16.1 Å². The fourth-order valence-electron chi connectivity index (χ4n) is 3.19. The first-order chi connectivity index (χ1) is 13.5. The number of nitrogens with one attached hydrogen (secondary N) is 1. The van der Waals surface area contributed by atoms with Crippen molar-refractivity contribution in [3.63, 3.8) is 0 Å². The second-order valence-corrected chi connectivity index (χ2v) is 7.99. The fraction of sp³-hybridized carbons (Fsp3) is 0.0952. The Balaban J connectivity index is 1.73. The average molecular weight is 409 g/mol. The molecule has 0 bridgehead atoms. The van der Waals surface area contributed by atoms with Crippen LogP contribution in [0.2, 0.25) is 0 Å². The summed E-state index contributed by atoms with van der Waals surface area (Å²) in [5.41, 5.74) is 3.49. The number of thioether (sulfide) groups is 1. The largest absolute Gasteiger partial charge is 0.465 e. The predicted molar refractivity (Wildman–Crippen MR) is 115 cm³/mol. The molecule has 0 radical (unpaired) electrons. The van der Waals surface area contributed by atoms with E-state index in [1.165, 1.54) is 18.9 Å². The van der Waals surface area contributed by atoms with Crippen LogP contribution in [0, 0.1) is 0 Å². The van der Waals surface area contributed by atoms with Crippen LogP contribution >= 0.6 is 24.0 Å². The molecule has 1 amide bonds. The van der Waals surface area contributed by atoms with Crippen LogP contribution in [0.3, 0.4) is 0 Å². The summed E-state index contributed by atoms with van der Waals surface area (Å²) in [6, 6.07) is 15.4. The highest BCUT2D eigenvalue weighted by Gasteiger charge is 2.22. The lowest BCUT2D eigenvalue weighted by Gasteiger charge is -2.07. The summed E-state index contributed by atoms with van der Waals surface area (Å²) in [5.74, 6) is -0.525. The van der Waals surface area contributed by atoms with Crippen LogP contribution in [0.4, 0.5) is 0 Å². The van der Waals surface area contributed by atoms with Crippen molar-refractivity contribution < 1.29 is 14.3 Å². The zero-order chi connectivity index (χ0) is 19.7. The smallest absolute Gasteiger partial charge is 0.337 e. The number of nitrogens with zero attached hydrogens (tertiary/aromatic N) is 1. The maximum Gasteiger partial charge on any atom is 0.337 e. The molecule has 1 saturated heterocycles. The summed E-state index contributed by atoms with van der Waals surface area (Å²) in [5, 5.41) is 3.69. The molecule has 1 aliphatic rings. The lowest BCUT2D eigenvalue weighted by molar-refractivity contribution is -0.115. The van der Waals surface area contributed by atoms with E-state index in [-0.39, 0.29) is 11.9 Å². The molecule has 0 aliphatic carbocycles. The minimum Gasteiger partial charge on any atom is -0.465 e.